The molecule has 0 radical (unpaired) electrons. The van der Waals surface area contributed by atoms with E-state index in [0.717, 1.165) is 30.0 Å². The van der Waals surface area contributed by atoms with Crippen molar-refractivity contribution < 1.29 is 4.79 Å². The molecular weight excluding hydrogens is 254 g/mol. The minimum absolute atomic E-state index is 0.0918. The van der Waals surface area contributed by atoms with E-state index in [-0.39, 0.29) is 5.91 Å². The molecule has 0 spiro atoms. The quantitative estimate of drug-likeness (QED) is 0.902. The maximum atomic E-state index is 12.2. The lowest BCUT2D eigenvalue weighted by atomic mass is 10.2. The highest BCUT2D eigenvalue weighted by Crippen LogP contribution is 2.09. The molecule has 0 bridgehead atoms. The van der Waals surface area contributed by atoms with E-state index >= 15 is 0 Å². The van der Waals surface area contributed by atoms with Gasteiger partial charge in [0, 0.05) is 36.6 Å². The Morgan fingerprint density at radius 1 is 1.10 bits per heavy atom. The highest BCUT2D eigenvalue weighted by atomic mass is 16.1. The number of hydrogen-bond acceptors (Lipinski definition) is 3. The molecule has 0 aliphatic heterocycles. The zero-order valence-corrected chi connectivity index (χ0v) is 12.5. The minimum atomic E-state index is -0.0918. The molecule has 2 rings (SSSR count). The zero-order valence-electron chi connectivity index (χ0n) is 12.5. The van der Waals surface area contributed by atoms with E-state index in [0.29, 0.717) is 12.1 Å². The van der Waals surface area contributed by atoms with Crippen molar-refractivity contribution in [2.24, 2.45) is 0 Å². The normalized spacial score (nSPS) is 10.8. The first-order chi connectivity index (χ1) is 9.58. The number of carbonyl (C=O) groups is 1. The maximum Gasteiger partial charge on any atom is 0.255 e. The van der Waals surface area contributed by atoms with Gasteiger partial charge in [-0.15, -0.1) is 0 Å². The second-order valence-electron chi connectivity index (χ2n) is 4.71. The summed E-state index contributed by atoms with van der Waals surface area (Å²) in [5.41, 5.74) is 3.66. The molecule has 20 heavy (non-hydrogen) atoms. The van der Waals surface area contributed by atoms with Crippen LogP contribution in [-0.2, 0) is 19.6 Å². The molecule has 0 atom stereocenters. The van der Waals surface area contributed by atoms with E-state index in [1.54, 1.807) is 12.4 Å². The Kier molecular flexibility index (Phi) is 4.22. The third-order valence-electron chi connectivity index (χ3n) is 3.59. The fourth-order valence-corrected chi connectivity index (χ4v) is 2.24. The first kappa shape index (κ1) is 14.3. The largest absolute Gasteiger partial charge is 0.348 e. The van der Waals surface area contributed by atoms with Crippen LogP contribution >= 0.6 is 0 Å². The number of nitrogens with zero attached hydrogens (tertiary/aromatic N) is 4. The van der Waals surface area contributed by atoms with Crippen LogP contribution in [0.1, 0.15) is 41.2 Å². The monoisotopic (exact) mass is 275 g/mol. The Morgan fingerprint density at radius 2 is 1.70 bits per heavy atom. The van der Waals surface area contributed by atoms with Crippen LogP contribution < -0.4 is 5.32 Å². The molecule has 0 aromatic carbocycles. The number of carbonyl (C=O) groups excluding carboxylic acids is 1. The molecule has 2 aromatic heterocycles. The van der Waals surface area contributed by atoms with Gasteiger partial charge in [-0.2, -0.15) is 10.2 Å². The summed E-state index contributed by atoms with van der Waals surface area (Å²) in [5, 5.41) is 11.4. The molecule has 0 unspecified atom stereocenters. The van der Waals surface area contributed by atoms with E-state index in [4.69, 9.17) is 0 Å². The zero-order chi connectivity index (χ0) is 14.7. The Labute approximate surface area is 118 Å². The van der Waals surface area contributed by atoms with Crippen molar-refractivity contribution >= 4 is 5.91 Å². The van der Waals surface area contributed by atoms with E-state index in [2.05, 4.69) is 15.5 Å². The average Bonchev–Trinajstić information content (AvgIpc) is 2.99. The number of aromatic nitrogens is 4. The molecule has 2 heterocycles. The van der Waals surface area contributed by atoms with Crippen molar-refractivity contribution in [1.82, 2.24) is 24.9 Å². The third-order valence-corrected chi connectivity index (χ3v) is 3.59. The summed E-state index contributed by atoms with van der Waals surface area (Å²) in [7, 11) is 0. The Hall–Kier alpha value is -2.11. The van der Waals surface area contributed by atoms with E-state index in [9.17, 15) is 4.79 Å². The molecule has 0 saturated carbocycles. The Balaban J connectivity index is 2.04. The lowest BCUT2D eigenvalue weighted by Crippen LogP contribution is -2.23. The van der Waals surface area contributed by atoms with Crippen molar-refractivity contribution in [3.63, 3.8) is 0 Å². The summed E-state index contributed by atoms with van der Waals surface area (Å²) in [4.78, 5) is 12.2. The van der Waals surface area contributed by atoms with Gasteiger partial charge in [-0.05, 0) is 27.7 Å². The highest BCUT2D eigenvalue weighted by molar-refractivity contribution is 5.94. The predicted molar refractivity (Wildman–Crippen MR) is 76.4 cm³/mol. The Bertz CT molecular complexity index is 611. The topological polar surface area (TPSA) is 64.7 Å². The van der Waals surface area contributed by atoms with Gasteiger partial charge in [-0.1, -0.05) is 0 Å². The van der Waals surface area contributed by atoms with Gasteiger partial charge in [0.05, 0.1) is 18.0 Å². The molecule has 0 aliphatic carbocycles. The summed E-state index contributed by atoms with van der Waals surface area (Å²) in [6.07, 6.45) is 3.43. The predicted octanol–water partition coefficient (Wildman–Crippen LogP) is 1.67. The number of nitrogens with one attached hydrogen (secondary N) is 1. The fourth-order valence-electron chi connectivity index (χ4n) is 2.24. The molecule has 2 aromatic rings. The van der Waals surface area contributed by atoms with Crippen LogP contribution in [0, 0.1) is 13.8 Å². The third kappa shape index (κ3) is 2.59. The first-order valence-electron chi connectivity index (χ1n) is 6.90. The van der Waals surface area contributed by atoms with Crippen molar-refractivity contribution in [1.29, 1.82) is 0 Å². The highest BCUT2D eigenvalue weighted by Gasteiger charge is 2.14. The van der Waals surface area contributed by atoms with Gasteiger partial charge in [0.15, 0.2) is 0 Å². The number of amides is 1. The van der Waals surface area contributed by atoms with Gasteiger partial charge in [-0.3, -0.25) is 14.2 Å². The number of aryl methyl sites for hydroxylation is 2. The van der Waals surface area contributed by atoms with Gasteiger partial charge in [0.25, 0.3) is 5.91 Å². The SMILES string of the molecule is CCn1ncc(CNC(=O)c2cnn(CC)c2C)c1C. The standard InChI is InChI=1S/C14H21N5O/c1-5-18-10(3)12(8-16-18)7-15-14(20)13-9-17-19(6-2)11(13)4/h8-9H,5-7H2,1-4H3,(H,15,20). The van der Waals surface area contributed by atoms with Crippen LogP contribution in [0.4, 0.5) is 0 Å². The second-order valence-corrected chi connectivity index (χ2v) is 4.71. The molecule has 0 aliphatic rings. The lowest BCUT2D eigenvalue weighted by molar-refractivity contribution is 0.0950. The Morgan fingerprint density at radius 3 is 2.25 bits per heavy atom. The van der Waals surface area contributed by atoms with Crippen LogP contribution in [0.25, 0.3) is 0 Å². The molecule has 108 valence electrons. The number of hydrogen-bond donors (Lipinski definition) is 1. The lowest BCUT2D eigenvalue weighted by Gasteiger charge is -2.06. The average molecular weight is 275 g/mol. The van der Waals surface area contributed by atoms with Crippen molar-refractivity contribution in [2.45, 2.75) is 47.3 Å². The van der Waals surface area contributed by atoms with Gasteiger partial charge in [0.2, 0.25) is 0 Å². The van der Waals surface area contributed by atoms with Crippen LogP contribution in [0.3, 0.4) is 0 Å². The van der Waals surface area contributed by atoms with Crippen LogP contribution in [-0.4, -0.2) is 25.5 Å². The van der Waals surface area contributed by atoms with Gasteiger partial charge in [-0.25, -0.2) is 0 Å². The second kappa shape index (κ2) is 5.90. The fraction of sp³-hybridized carbons (Fsp3) is 0.500. The van der Waals surface area contributed by atoms with Crippen LogP contribution in [0.5, 0.6) is 0 Å². The first-order valence-corrected chi connectivity index (χ1v) is 6.90. The summed E-state index contributed by atoms with van der Waals surface area (Å²) in [6.45, 7) is 10.1. The smallest absolute Gasteiger partial charge is 0.255 e. The van der Waals surface area contributed by atoms with Crippen molar-refractivity contribution in [2.75, 3.05) is 0 Å². The molecule has 0 saturated heterocycles. The molecule has 1 amide bonds. The summed E-state index contributed by atoms with van der Waals surface area (Å²) < 4.78 is 3.73. The summed E-state index contributed by atoms with van der Waals surface area (Å²) in [5.74, 6) is -0.0918. The van der Waals surface area contributed by atoms with Crippen LogP contribution in [0.15, 0.2) is 12.4 Å². The summed E-state index contributed by atoms with van der Waals surface area (Å²) >= 11 is 0. The summed E-state index contributed by atoms with van der Waals surface area (Å²) in [6, 6.07) is 0. The minimum Gasteiger partial charge on any atom is -0.348 e. The van der Waals surface area contributed by atoms with E-state index in [1.165, 1.54) is 0 Å². The van der Waals surface area contributed by atoms with Gasteiger partial charge in [0.1, 0.15) is 0 Å². The molecule has 0 fully saturated rings. The molecular formula is C14H21N5O. The van der Waals surface area contributed by atoms with Crippen LogP contribution in [0.2, 0.25) is 0 Å². The van der Waals surface area contributed by atoms with E-state index < -0.39 is 0 Å². The van der Waals surface area contributed by atoms with Gasteiger partial charge >= 0.3 is 0 Å². The molecule has 1 N–H and O–H groups in total. The maximum absolute atomic E-state index is 12.2. The molecule has 6 heteroatoms. The van der Waals surface area contributed by atoms with Gasteiger partial charge < -0.3 is 5.32 Å². The van der Waals surface area contributed by atoms with Crippen molar-refractivity contribution in [3.8, 4) is 0 Å². The van der Waals surface area contributed by atoms with Crippen molar-refractivity contribution in [3.05, 3.63) is 34.9 Å². The van der Waals surface area contributed by atoms with E-state index in [1.807, 2.05) is 37.1 Å². The molecule has 6 nitrogen and oxygen atoms in total. The number of rotatable bonds is 5.